The van der Waals surface area contributed by atoms with E-state index in [1.807, 2.05) is 30.4 Å². The Morgan fingerprint density at radius 1 is 1.38 bits per heavy atom. The van der Waals surface area contributed by atoms with Gasteiger partial charge in [0.05, 0.1) is 12.0 Å². The van der Waals surface area contributed by atoms with Crippen LogP contribution < -0.4 is 15.4 Å². The Balaban J connectivity index is 2.02. The van der Waals surface area contributed by atoms with Crippen LogP contribution in [0.3, 0.4) is 0 Å². The number of carbonyl (C=O) groups is 1. The maximum atomic E-state index is 12.2. The summed E-state index contributed by atoms with van der Waals surface area (Å²) in [6, 6.07) is 10.4. The molecule has 3 N–H and O–H groups in total. The van der Waals surface area contributed by atoms with Gasteiger partial charge in [-0.1, -0.05) is 23.7 Å². The zero-order chi connectivity index (χ0) is 19.3. The monoisotopic (exact) mass is 378 g/mol. The fourth-order valence-corrected chi connectivity index (χ4v) is 2.72. The Bertz CT molecular complexity index is 826. The quantitative estimate of drug-likeness (QED) is 0.571. The number of nitro benzene ring substituents is 1. The average molecular weight is 379 g/mol. The van der Waals surface area contributed by atoms with E-state index in [1.165, 1.54) is 19.2 Å². The molecule has 0 aliphatic carbocycles. The molecule has 0 saturated heterocycles. The van der Waals surface area contributed by atoms with Crippen LogP contribution in [-0.2, 0) is 4.79 Å². The Kier molecular flexibility index (Phi) is 6.54. The molecule has 0 radical (unpaired) electrons. The fourth-order valence-electron chi connectivity index (χ4n) is 2.52. The van der Waals surface area contributed by atoms with E-state index in [0.29, 0.717) is 16.3 Å². The summed E-state index contributed by atoms with van der Waals surface area (Å²) in [7, 11) is 1.35. The first-order valence-electron chi connectivity index (χ1n) is 8.03. The van der Waals surface area contributed by atoms with E-state index in [1.54, 1.807) is 13.0 Å². The molecule has 1 amide bonds. The summed E-state index contributed by atoms with van der Waals surface area (Å²) in [5.74, 6) is -0.106. The molecule has 0 bridgehead atoms. The van der Waals surface area contributed by atoms with Crippen LogP contribution in [-0.4, -0.2) is 24.5 Å². The van der Waals surface area contributed by atoms with Crippen LogP contribution in [0.25, 0.3) is 0 Å². The summed E-state index contributed by atoms with van der Waals surface area (Å²) in [4.78, 5) is 22.8. The average Bonchev–Trinajstić information content (AvgIpc) is 2.60. The molecule has 2 aromatic rings. The van der Waals surface area contributed by atoms with E-state index < -0.39 is 4.92 Å². The number of ether oxygens (including phenoxy) is 1. The maximum absolute atomic E-state index is 12.2. The van der Waals surface area contributed by atoms with Gasteiger partial charge in [0.15, 0.2) is 12.3 Å². The van der Waals surface area contributed by atoms with E-state index >= 15 is 0 Å². The van der Waals surface area contributed by atoms with E-state index in [4.69, 9.17) is 16.3 Å². The summed E-state index contributed by atoms with van der Waals surface area (Å²) in [6.45, 7) is 3.88. The SMILES string of the molecule is COc1cc(NC(=O)C[NH2+][C@@H](C)c2cccc(Cl)c2)c(C)cc1[N+](=O)[O-]. The van der Waals surface area contributed by atoms with Crippen molar-refractivity contribution in [3.8, 4) is 5.75 Å². The molecular formula is C18H21ClN3O4+. The summed E-state index contributed by atoms with van der Waals surface area (Å²) >= 11 is 5.99. The highest BCUT2D eigenvalue weighted by atomic mass is 35.5. The molecule has 0 saturated carbocycles. The number of halogens is 1. The Labute approximate surface area is 156 Å². The molecule has 2 rings (SSSR count). The Morgan fingerprint density at radius 3 is 2.73 bits per heavy atom. The van der Waals surface area contributed by atoms with Gasteiger partial charge in [-0.05, 0) is 31.5 Å². The lowest BCUT2D eigenvalue weighted by Gasteiger charge is -2.13. The molecule has 138 valence electrons. The minimum absolute atomic E-state index is 0.0620. The predicted octanol–water partition coefficient (Wildman–Crippen LogP) is 2.83. The fraction of sp³-hybridized carbons (Fsp3) is 0.278. The summed E-state index contributed by atoms with van der Waals surface area (Å²) in [5, 5.41) is 16.3. The number of anilines is 1. The molecule has 1 atom stereocenters. The van der Waals surface area contributed by atoms with E-state index in [0.717, 1.165) is 5.56 Å². The molecule has 26 heavy (non-hydrogen) atoms. The third-order valence-electron chi connectivity index (χ3n) is 4.03. The highest BCUT2D eigenvalue weighted by Crippen LogP contribution is 2.32. The lowest BCUT2D eigenvalue weighted by atomic mass is 10.1. The zero-order valence-corrected chi connectivity index (χ0v) is 15.5. The standard InChI is InChI=1S/C18H20ClN3O4/c1-11-7-16(22(24)25)17(26-3)9-15(11)21-18(23)10-20-12(2)13-5-4-6-14(19)8-13/h4-9,12,20H,10H2,1-3H3,(H,21,23)/p+1/t12-/m0/s1. The molecule has 8 heteroatoms. The van der Waals surface area contributed by atoms with Gasteiger partial charge in [-0.2, -0.15) is 0 Å². The summed E-state index contributed by atoms with van der Waals surface area (Å²) < 4.78 is 5.04. The highest BCUT2D eigenvalue weighted by molar-refractivity contribution is 6.30. The zero-order valence-electron chi connectivity index (χ0n) is 14.8. The number of hydrogen-bond acceptors (Lipinski definition) is 4. The maximum Gasteiger partial charge on any atom is 0.311 e. The van der Waals surface area contributed by atoms with Crippen LogP contribution in [0.2, 0.25) is 5.02 Å². The van der Waals surface area contributed by atoms with Gasteiger partial charge in [0.25, 0.3) is 5.91 Å². The molecule has 0 fully saturated rings. The molecule has 7 nitrogen and oxygen atoms in total. The van der Waals surface area contributed by atoms with Crippen LogP contribution in [0, 0.1) is 17.0 Å². The number of nitrogens with zero attached hydrogens (tertiary/aromatic N) is 1. The predicted molar refractivity (Wildman–Crippen MR) is 99.7 cm³/mol. The van der Waals surface area contributed by atoms with Crippen molar-refractivity contribution >= 4 is 28.9 Å². The molecule has 0 spiro atoms. The molecule has 2 aromatic carbocycles. The number of nitrogens with two attached hydrogens (primary N) is 1. The first kappa shape index (κ1) is 19.7. The van der Waals surface area contributed by atoms with Crippen molar-refractivity contribution in [2.75, 3.05) is 19.0 Å². The first-order valence-corrected chi connectivity index (χ1v) is 8.41. The van der Waals surface area contributed by atoms with Crippen LogP contribution in [0.4, 0.5) is 11.4 Å². The van der Waals surface area contributed by atoms with Crippen LogP contribution in [0.1, 0.15) is 24.1 Å². The van der Waals surface area contributed by atoms with Gasteiger partial charge < -0.3 is 15.4 Å². The Morgan fingerprint density at radius 2 is 2.12 bits per heavy atom. The number of hydrogen-bond donors (Lipinski definition) is 2. The molecule has 0 aromatic heterocycles. The number of methoxy groups -OCH3 is 1. The van der Waals surface area contributed by atoms with Crippen LogP contribution >= 0.6 is 11.6 Å². The van der Waals surface area contributed by atoms with Gasteiger partial charge in [0.1, 0.15) is 6.04 Å². The largest absolute Gasteiger partial charge is 0.490 e. The van der Waals surface area contributed by atoms with E-state index in [9.17, 15) is 14.9 Å². The number of nitrogens with one attached hydrogen (secondary N) is 1. The van der Waals surface area contributed by atoms with Gasteiger partial charge in [-0.15, -0.1) is 0 Å². The van der Waals surface area contributed by atoms with E-state index in [-0.39, 0.29) is 29.9 Å². The number of rotatable bonds is 7. The minimum atomic E-state index is -0.516. The van der Waals surface area contributed by atoms with Crippen LogP contribution in [0.15, 0.2) is 36.4 Å². The number of amides is 1. The first-order chi connectivity index (χ1) is 12.3. The molecular weight excluding hydrogens is 358 g/mol. The van der Waals surface area contributed by atoms with Gasteiger partial charge >= 0.3 is 5.69 Å². The molecule has 0 aliphatic heterocycles. The highest BCUT2D eigenvalue weighted by Gasteiger charge is 2.19. The number of aryl methyl sites for hydroxylation is 1. The molecule has 0 aliphatic rings. The van der Waals surface area contributed by atoms with Crippen molar-refractivity contribution in [1.82, 2.24) is 0 Å². The third kappa shape index (κ3) is 4.93. The topological polar surface area (TPSA) is 98.1 Å². The van der Waals surface area contributed by atoms with Crippen molar-refractivity contribution in [1.29, 1.82) is 0 Å². The van der Waals surface area contributed by atoms with Crippen molar-refractivity contribution in [3.05, 3.63) is 62.7 Å². The summed E-state index contributed by atoms with van der Waals surface area (Å²) in [5.41, 5.74) is 1.97. The second kappa shape index (κ2) is 8.64. The normalized spacial score (nSPS) is 11.7. The minimum Gasteiger partial charge on any atom is -0.490 e. The van der Waals surface area contributed by atoms with Gasteiger partial charge in [-0.25, -0.2) is 0 Å². The van der Waals surface area contributed by atoms with Crippen molar-refractivity contribution in [2.45, 2.75) is 19.9 Å². The van der Waals surface area contributed by atoms with Gasteiger partial charge in [0, 0.05) is 28.4 Å². The molecule has 0 unspecified atom stereocenters. The van der Waals surface area contributed by atoms with Gasteiger partial charge in [0.2, 0.25) is 0 Å². The smallest absolute Gasteiger partial charge is 0.311 e. The van der Waals surface area contributed by atoms with Crippen molar-refractivity contribution < 1.29 is 19.8 Å². The lowest BCUT2D eigenvalue weighted by molar-refractivity contribution is -0.682. The van der Waals surface area contributed by atoms with E-state index in [2.05, 4.69) is 5.32 Å². The summed E-state index contributed by atoms with van der Waals surface area (Å²) in [6.07, 6.45) is 0. The van der Waals surface area contributed by atoms with Crippen molar-refractivity contribution in [2.24, 2.45) is 0 Å². The number of quaternary nitrogens is 1. The Hall–Kier alpha value is -2.64. The molecule has 0 heterocycles. The van der Waals surface area contributed by atoms with Crippen molar-refractivity contribution in [3.63, 3.8) is 0 Å². The number of carbonyl (C=O) groups excluding carboxylic acids is 1. The second-order valence-corrected chi connectivity index (χ2v) is 6.36. The third-order valence-corrected chi connectivity index (χ3v) is 4.26. The number of nitro groups is 1. The van der Waals surface area contributed by atoms with Gasteiger partial charge in [-0.3, -0.25) is 14.9 Å². The second-order valence-electron chi connectivity index (χ2n) is 5.93. The van der Waals surface area contributed by atoms with Crippen LogP contribution in [0.5, 0.6) is 5.75 Å². The lowest BCUT2D eigenvalue weighted by Crippen LogP contribution is -2.86. The number of benzene rings is 2.